The molecule has 19 heavy (non-hydrogen) atoms. The average Bonchev–Trinajstić information content (AvgIpc) is 2.69. The van der Waals surface area contributed by atoms with Gasteiger partial charge in [0.1, 0.15) is 10.2 Å². The fourth-order valence-corrected chi connectivity index (χ4v) is 3.43. The van der Waals surface area contributed by atoms with Crippen molar-refractivity contribution in [2.75, 3.05) is 0 Å². The molecule has 0 saturated carbocycles. The second-order valence-electron chi connectivity index (χ2n) is 3.71. The van der Waals surface area contributed by atoms with Crippen molar-refractivity contribution in [2.24, 2.45) is 0 Å². The Kier molecular flexibility index (Phi) is 4.65. The normalized spacial score (nSPS) is 10.7. The molecule has 8 heteroatoms. The maximum absolute atomic E-state index is 12.1. The lowest BCUT2D eigenvalue weighted by molar-refractivity contribution is 0.0970. The standard InChI is InChI=1S/C11H7Cl2IN2O2S/c1-5-15-3-7(14)11(18)16(5)4-8(17)6-2-9(12)19-10(6)13/h2-3H,4H2,1H3. The van der Waals surface area contributed by atoms with Crippen LogP contribution in [0, 0.1) is 10.5 Å². The largest absolute Gasteiger partial charge is 0.292 e. The fraction of sp³-hybridized carbons (Fsp3) is 0.182. The van der Waals surface area contributed by atoms with E-state index in [1.165, 1.54) is 16.8 Å². The number of halogens is 3. The van der Waals surface area contributed by atoms with Crippen molar-refractivity contribution in [1.29, 1.82) is 0 Å². The van der Waals surface area contributed by atoms with Crippen molar-refractivity contribution < 1.29 is 4.79 Å². The van der Waals surface area contributed by atoms with E-state index in [2.05, 4.69) is 4.98 Å². The third kappa shape index (κ3) is 3.18. The molecule has 0 N–H and O–H groups in total. The van der Waals surface area contributed by atoms with Crippen LogP contribution in [0.25, 0.3) is 0 Å². The first-order valence-corrected chi connectivity index (χ1v) is 7.75. The number of hydrogen-bond donors (Lipinski definition) is 0. The van der Waals surface area contributed by atoms with Crippen molar-refractivity contribution in [3.8, 4) is 0 Å². The Hall–Kier alpha value is -0.440. The van der Waals surface area contributed by atoms with E-state index >= 15 is 0 Å². The molecule has 0 aromatic carbocycles. The van der Waals surface area contributed by atoms with Crippen LogP contribution in [0.15, 0.2) is 17.1 Å². The maximum atomic E-state index is 12.1. The van der Waals surface area contributed by atoms with Crippen LogP contribution in [0.4, 0.5) is 0 Å². The number of aromatic nitrogens is 2. The lowest BCUT2D eigenvalue weighted by Crippen LogP contribution is -2.28. The Morgan fingerprint density at radius 3 is 2.79 bits per heavy atom. The molecule has 2 aromatic heterocycles. The quantitative estimate of drug-likeness (QED) is 0.556. The van der Waals surface area contributed by atoms with E-state index in [1.807, 2.05) is 22.6 Å². The predicted octanol–water partition coefficient (Wildman–Crippen LogP) is 3.41. The van der Waals surface area contributed by atoms with Gasteiger partial charge in [-0.3, -0.25) is 14.2 Å². The van der Waals surface area contributed by atoms with E-state index in [9.17, 15) is 9.59 Å². The molecule has 0 saturated heterocycles. The molecule has 2 rings (SSSR count). The van der Waals surface area contributed by atoms with Gasteiger partial charge in [-0.1, -0.05) is 23.2 Å². The van der Waals surface area contributed by atoms with Gasteiger partial charge in [0.05, 0.1) is 20.0 Å². The minimum atomic E-state index is -0.262. The lowest BCUT2D eigenvalue weighted by Gasteiger charge is -2.08. The topological polar surface area (TPSA) is 52.0 Å². The summed E-state index contributed by atoms with van der Waals surface area (Å²) in [7, 11) is 0. The summed E-state index contributed by atoms with van der Waals surface area (Å²) >= 11 is 14.7. The molecular formula is C11H7Cl2IN2O2S. The molecule has 100 valence electrons. The van der Waals surface area contributed by atoms with Crippen LogP contribution in [0.3, 0.4) is 0 Å². The molecule has 0 atom stereocenters. The minimum absolute atomic E-state index is 0.0959. The van der Waals surface area contributed by atoms with Gasteiger partial charge in [0.15, 0.2) is 5.78 Å². The molecule has 2 aromatic rings. The van der Waals surface area contributed by atoms with Crippen LogP contribution in [0.5, 0.6) is 0 Å². The van der Waals surface area contributed by atoms with Gasteiger partial charge in [0.2, 0.25) is 0 Å². The minimum Gasteiger partial charge on any atom is -0.292 e. The lowest BCUT2D eigenvalue weighted by atomic mass is 10.2. The number of rotatable bonds is 3. The van der Waals surface area contributed by atoms with E-state index in [0.29, 0.717) is 23.6 Å². The van der Waals surface area contributed by atoms with Gasteiger partial charge >= 0.3 is 0 Å². The number of ketones is 1. The highest BCUT2D eigenvalue weighted by Gasteiger charge is 2.17. The monoisotopic (exact) mass is 428 g/mol. The summed E-state index contributed by atoms with van der Waals surface area (Å²) in [6.07, 6.45) is 1.48. The van der Waals surface area contributed by atoms with Gasteiger partial charge in [0, 0.05) is 6.20 Å². The zero-order chi connectivity index (χ0) is 14.2. The summed E-state index contributed by atoms with van der Waals surface area (Å²) in [4.78, 5) is 28.2. The zero-order valence-corrected chi connectivity index (χ0v) is 14.1. The fourth-order valence-electron chi connectivity index (χ4n) is 1.50. The molecule has 0 spiro atoms. The summed E-state index contributed by atoms with van der Waals surface area (Å²) in [5, 5.41) is 0. The van der Waals surface area contributed by atoms with Crippen LogP contribution in [-0.4, -0.2) is 15.3 Å². The molecule has 0 aliphatic rings. The Morgan fingerprint density at radius 1 is 1.53 bits per heavy atom. The summed E-state index contributed by atoms with van der Waals surface area (Å²) < 4.78 is 2.56. The van der Waals surface area contributed by atoms with E-state index in [4.69, 9.17) is 23.2 Å². The van der Waals surface area contributed by atoms with E-state index in [1.54, 1.807) is 6.92 Å². The van der Waals surface area contributed by atoms with Crippen LogP contribution in [0.1, 0.15) is 16.2 Å². The highest BCUT2D eigenvalue weighted by molar-refractivity contribution is 14.1. The molecule has 0 unspecified atom stereocenters. The second kappa shape index (κ2) is 5.90. The molecule has 0 amide bonds. The summed E-state index contributed by atoms with van der Waals surface area (Å²) in [6, 6.07) is 1.51. The van der Waals surface area contributed by atoms with Crippen LogP contribution < -0.4 is 5.56 Å². The van der Waals surface area contributed by atoms with Gasteiger partial charge < -0.3 is 0 Å². The number of aryl methyl sites for hydroxylation is 1. The Morgan fingerprint density at radius 2 is 2.21 bits per heavy atom. The predicted molar refractivity (Wildman–Crippen MR) is 84.6 cm³/mol. The van der Waals surface area contributed by atoms with Gasteiger partial charge in [-0.2, -0.15) is 0 Å². The van der Waals surface area contributed by atoms with Crippen LogP contribution in [-0.2, 0) is 6.54 Å². The first-order valence-electron chi connectivity index (χ1n) is 5.10. The van der Waals surface area contributed by atoms with Crippen LogP contribution >= 0.6 is 57.1 Å². The summed E-state index contributed by atoms with van der Waals surface area (Å²) in [5.74, 6) is 0.221. The Bertz CT molecular complexity index is 711. The van der Waals surface area contributed by atoms with E-state index < -0.39 is 0 Å². The Balaban J connectivity index is 2.37. The number of nitrogens with zero attached hydrogens (tertiary/aromatic N) is 2. The third-order valence-electron chi connectivity index (χ3n) is 2.46. The first kappa shape index (κ1) is 15.0. The van der Waals surface area contributed by atoms with Crippen molar-refractivity contribution in [2.45, 2.75) is 13.5 Å². The van der Waals surface area contributed by atoms with E-state index in [0.717, 1.165) is 11.3 Å². The van der Waals surface area contributed by atoms with Gasteiger partial charge in [-0.05, 0) is 35.6 Å². The van der Waals surface area contributed by atoms with Crippen LogP contribution in [0.2, 0.25) is 8.67 Å². The molecule has 0 fully saturated rings. The number of thiophene rings is 1. The van der Waals surface area contributed by atoms with Crippen molar-refractivity contribution in [1.82, 2.24) is 9.55 Å². The molecule has 0 aliphatic carbocycles. The molecule has 0 bridgehead atoms. The molecule has 2 heterocycles. The number of Topliss-reactive ketones (excluding diaryl/α,β-unsaturated/α-hetero) is 1. The highest BCUT2D eigenvalue weighted by Crippen LogP contribution is 2.31. The zero-order valence-electron chi connectivity index (χ0n) is 9.61. The smallest absolute Gasteiger partial charge is 0.267 e. The van der Waals surface area contributed by atoms with E-state index in [-0.39, 0.29) is 17.9 Å². The first-order chi connectivity index (χ1) is 8.90. The highest BCUT2D eigenvalue weighted by atomic mass is 127. The maximum Gasteiger partial charge on any atom is 0.267 e. The molecular weight excluding hydrogens is 422 g/mol. The van der Waals surface area contributed by atoms with Crippen molar-refractivity contribution in [3.63, 3.8) is 0 Å². The molecule has 0 radical (unpaired) electrons. The summed E-state index contributed by atoms with van der Waals surface area (Å²) in [6.45, 7) is 1.58. The van der Waals surface area contributed by atoms with Gasteiger partial charge in [0.25, 0.3) is 5.56 Å². The van der Waals surface area contributed by atoms with Crippen molar-refractivity contribution >= 4 is 62.9 Å². The van der Waals surface area contributed by atoms with Gasteiger partial charge in [-0.15, -0.1) is 11.3 Å². The number of carbonyl (C=O) groups excluding carboxylic acids is 1. The number of carbonyl (C=O) groups is 1. The molecule has 0 aliphatic heterocycles. The molecule has 4 nitrogen and oxygen atoms in total. The Labute approximate surface area is 136 Å². The number of hydrogen-bond acceptors (Lipinski definition) is 4. The van der Waals surface area contributed by atoms with Gasteiger partial charge in [-0.25, -0.2) is 4.98 Å². The average molecular weight is 429 g/mol. The SMILES string of the molecule is Cc1ncc(I)c(=O)n1CC(=O)c1cc(Cl)sc1Cl. The van der Waals surface area contributed by atoms with Crippen molar-refractivity contribution in [3.05, 3.63) is 46.2 Å². The second-order valence-corrected chi connectivity index (χ2v) is 7.15. The summed E-state index contributed by atoms with van der Waals surface area (Å²) in [5.41, 5.74) is 0.0979. The third-order valence-corrected chi connectivity index (χ3v) is 4.69.